The van der Waals surface area contributed by atoms with Crippen LogP contribution in [0.15, 0.2) is 41.8 Å². The molecule has 3 aromatic rings. The number of benzene rings is 1. The van der Waals surface area contributed by atoms with Gasteiger partial charge in [-0.25, -0.2) is 9.97 Å². The van der Waals surface area contributed by atoms with E-state index in [1.54, 1.807) is 24.3 Å². The third-order valence-electron chi connectivity index (χ3n) is 2.99. The predicted molar refractivity (Wildman–Crippen MR) is 85.2 cm³/mol. The largest absolute Gasteiger partial charge is 0.486 e. The highest BCUT2D eigenvalue weighted by molar-refractivity contribution is 7.98. The quantitative estimate of drug-likeness (QED) is 0.637. The lowest BCUT2D eigenvalue weighted by atomic mass is 10.3. The van der Waals surface area contributed by atoms with Gasteiger partial charge in [-0.15, -0.1) is 5.10 Å². The van der Waals surface area contributed by atoms with Gasteiger partial charge in [0.2, 0.25) is 5.16 Å². The minimum atomic E-state index is -2.61. The van der Waals surface area contributed by atoms with Crippen molar-refractivity contribution >= 4 is 23.4 Å². The molecule has 0 radical (unpaired) electrons. The van der Waals surface area contributed by atoms with Gasteiger partial charge in [-0.2, -0.15) is 8.78 Å². The van der Waals surface area contributed by atoms with Gasteiger partial charge in [0.15, 0.2) is 5.82 Å². The van der Waals surface area contributed by atoms with Gasteiger partial charge < -0.3 is 4.74 Å². The van der Waals surface area contributed by atoms with Crippen LogP contribution in [0.4, 0.5) is 8.78 Å². The molecule has 0 fully saturated rings. The maximum atomic E-state index is 12.7. The van der Waals surface area contributed by atoms with Crippen molar-refractivity contribution in [3.8, 4) is 5.75 Å². The molecular weight excluding hydrogens is 360 g/mol. The molecule has 126 valence electrons. The number of hydrogen-bond acceptors (Lipinski definition) is 5. The Kier molecular flexibility index (Phi) is 5.31. The van der Waals surface area contributed by atoms with Crippen LogP contribution in [0.5, 0.6) is 5.75 Å². The molecule has 10 heteroatoms. The molecule has 24 heavy (non-hydrogen) atoms. The van der Waals surface area contributed by atoms with Crippen molar-refractivity contribution < 1.29 is 13.5 Å². The first-order valence-electron chi connectivity index (χ1n) is 6.84. The molecule has 0 bridgehead atoms. The SMILES string of the molecule is FC(F)n1ccnc1CSc1n[nH]c(COc2ccc(Cl)cc2)n1. The summed E-state index contributed by atoms with van der Waals surface area (Å²) in [5, 5.41) is 7.83. The fraction of sp³-hybridized carbons (Fsp3) is 0.214. The number of nitrogens with zero attached hydrogens (tertiary/aromatic N) is 4. The second-order valence-electron chi connectivity index (χ2n) is 4.62. The summed E-state index contributed by atoms with van der Waals surface area (Å²) in [6, 6.07) is 6.95. The van der Waals surface area contributed by atoms with Crippen molar-refractivity contribution in [2.24, 2.45) is 0 Å². The molecule has 0 unspecified atom stereocenters. The van der Waals surface area contributed by atoms with E-state index in [-0.39, 0.29) is 18.2 Å². The number of ether oxygens (including phenoxy) is 1. The number of halogens is 3. The number of aromatic nitrogens is 5. The minimum absolute atomic E-state index is 0.209. The van der Waals surface area contributed by atoms with Crippen LogP contribution < -0.4 is 4.74 Å². The topological polar surface area (TPSA) is 68.6 Å². The van der Waals surface area contributed by atoms with Gasteiger partial charge in [0.1, 0.15) is 18.2 Å². The molecule has 0 amide bonds. The van der Waals surface area contributed by atoms with Gasteiger partial charge in [-0.1, -0.05) is 23.4 Å². The molecule has 3 rings (SSSR count). The predicted octanol–water partition coefficient (Wildman–Crippen LogP) is 3.92. The Morgan fingerprint density at radius 3 is 2.83 bits per heavy atom. The van der Waals surface area contributed by atoms with Gasteiger partial charge in [-0.3, -0.25) is 9.67 Å². The molecule has 0 aliphatic rings. The third-order valence-corrected chi connectivity index (χ3v) is 4.09. The highest BCUT2D eigenvalue weighted by Crippen LogP contribution is 2.22. The Balaban J connectivity index is 1.53. The second-order valence-corrected chi connectivity index (χ2v) is 6.00. The molecule has 2 heterocycles. The van der Waals surface area contributed by atoms with Gasteiger partial charge in [0.05, 0.1) is 5.75 Å². The summed E-state index contributed by atoms with van der Waals surface area (Å²) in [5.74, 6) is 1.69. The standard InChI is InChI=1S/C14H12ClF2N5OS/c15-9-1-3-10(4-2-9)23-7-11-19-14(21-20-11)24-8-12-18-5-6-22(12)13(16)17/h1-6,13H,7-8H2,(H,19,20,21). The summed E-state index contributed by atoms with van der Waals surface area (Å²) in [6.45, 7) is -2.40. The summed E-state index contributed by atoms with van der Waals surface area (Å²) in [7, 11) is 0. The first kappa shape index (κ1) is 16.7. The van der Waals surface area contributed by atoms with Gasteiger partial charge in [0.25, 0.3) is 0 Å². The number of hydrogen-bond donors (Lipinski definition) is 1. The number of aromatic amines is 1. The zero-order valence-electron chi connectivity index (χ0n) is 12.2. The summed E-state index contributed by atoms with van der Waals surface area (Å²) in [4.78, 5) is 8.14. The fourth-order valence-electron chi connectivity index (χ4n) is 1.85. The minimum Gasteiger partial charge on any atom is -0.486 e. The summed E-state index contributed by atoms with van der Waals surface area (Å²) in [5.41, 5.74) is 0. The lowest BCUT2D eigenvalue weighted by Crippen LogP contribution is -2.02. The van der Waals surface area contributed by atoms with Crippen LogP contribution in [0.3, 0.4) is 0 Å². The van der Waals surface area contributed by atoms with Crippen LogP contribution in [0.1, 0.15) is 18.2 Å². The Hall–Kier alpha value is -2.13. The molecule has 0 spiro atoms. The Morgan fingerprint density at radius 1 is 1.29 bits per heavy atom. The van der Waals surface area contributed by atoms with E-state index in [1.807, 2.05) is 0 Å². The number of thioether (sulfide) groups is 1. The van der Waals surface area contributed by atoms with E-state index in [1.165, 1.54) is 24.2 Å². The summed E-state index contributed by atoms with van der Waals surface area (Å²) in [6.07, 6.45) is 2.58. The first-order chi connectivity index (χ1) is 11.6. The number of imidazole rings is 1. The van der Waals surface area contributed by atoms with E-state index in [0.29, 0.717) is 21.8 Å². The number of rotatable bonds is 7. The van der Waals surface area contributed by atoms with Gasteiger partial charge in [-0.05, 0) is 24.3 Å². The molecule has 0 saturated heterocycles. The highest BCUT2D eigenvalue weighted by atomic mass is 35.5. The average Bonchev–Trinajstić information content (AvgIpc) is 3.21. The summed E-state index contributed by atoms with van der Waals surface area (Å²) < 4.78 is 31.8. The normalized spacial score (nSPS) is 11.2. The maximum absolute atomic E-state index is 12.7. The lowest BCUT2D eigenvalue weighted by Gasteiger charge is -2.04. The second kappa shape index (κ2) is 7.63. The van der Waals surface area contributed by atoms with Gasteiger partial charge >= 0.3 is 6.55 Å². The Morgan fingerprint density at radius 2 is 2.08 bits per heavy atom. The van der Waals surface area contributed by atoms with E-state index in [4.69, 9.17) is 16.3 Å². The van der Waals surface area contributed by atoms with Gasteiger partial charge in [0, 0.05) is 17.4 Å². The summed E-state index contributed by atoms with van der Waals surface area (Å²) >= 11 is 7.01. The van der Waals surface area contributed by atoms with Crippen LogP contribution in [0.25, 0.3) is 0 Å². The van der Waals surface area contributed by atoms with Crippen LogP contribution >= 0.6 is 23.4 Å². The van der Waals surface area contributed by atoms with Crippen molar-refractivity contribution in [3.05, 3.63) is 53.3 Å². The molecule has 2 aromatic heterocycles. The zero-order chi connectivity index (χ0) is 16.9. The number of alkyl halides is 2. The number of nitrogens with one attached hydrogen (secondary N) is 1. The Bertz CT molecular complexity index is 793. The monoisotopic (exact) mass is 371 g/mol. The zero-order valence-corrected chi connectivity index (χ0v) is 13.8. The lowest BCUT2D eigenvalue weighted by molar-refractivity contribution is 0.0678. The molecule has 0 aliphatic carbocycles. The van der Waals surface area contributed by atoms with E-state index >= 15 is 0 Å². The van der Waals surface area contributed by atoms with Crippen LogP contribution in [0, 0.1) is 0 Å². The van der Waals surface area contributed by atoms with Crippen LogP contribution in [-0.2, 0) is 12.4 Å². The maximum Gasteiger partial charge on any atom is 0.319 e. The first-order valence-corrected chi connectivity index (χ1v) is 8.20. The highest BCUT2D eigenvalue weighted by Gasteiger charge is 2.13. The third kappa shape index (κ3) is 4.24. The van der Waals surface area contributed by atoms with Crippen LogP contribution in [-0.4, -0.2) is 24.7 Å². The molecule has 6 nitrogen and oxygen atoms in total. The van der Waals surface area contributed by atoms with Crippen molar-refractivity contribution in [2.45, 2.75) is 24.1 Å². The van der Waals surface area contributed by atoms with E-state index in [2.05, 4.69) is 20.2 Å². The fourth-order valence-corrected chi connectivity index (χ4v) is 2.74. The molecule has 1 N–H and O–H groups in total. The van der Waals surface area contributed by atoms with Crippen molar-refractivity contribution in [2.75, 3.05) is 0 Å². The van der Waals surface area contributed by atoms with Crippen LogP contribution in [0.2, 0.25) is 5.02 Å². The smallest absolute Gasteiger partial charge is 0.319 e. The van der Waals surface area contributed by atoms with E-state index in [0.717, 1.165) is 4.57 Å². The number of H-pyrrole nitrogens is 1. The molecule has 0 saturated carbocycles. The molecule has 0 aliphatic heterocycles. The van der Waals surface area contributed by atoms with Crippen molar-refractivity contribution in [1.29, 1.82) is 0 Å². The van der Waals surface area contributed by atoms with Crippen molar-refractivity contribution in [1.82, 2.24) is 24.7 Å². The Labute approximate surface area is 145 Å². The molecule has 1 aromatic carbocycles. The van der Waals surface area contributed by atoms with E-state index < -0.39 is 6.55 Å². The molecular formula is C14H12ClF2N5OS. The van der Waals surface area contributed by atoms with Crippen molar-refractivity contribution in [3.63, 3.8) is 0 Å². The van der Waals surface area contributed by atoms with E-state index in [9.17, 15) is 8.78 Å². The molecule has 0 atom stereocenters. The average molecular weight is 372 g/mol.